The van der Waals surface area contributed by atoms with Crippen molar-refractivity contribution < 1.29 is 19.2 Å². The van der Waals surface area contributed by atoms with Gasteiger partial charge in [-0.1, -0.05) is 0 Å². The summed E-state index contributed by atoms with van der Waals surface area (Å²) in [6.45, 7) is 3.18. The first-order valence-corrected chi connectivity index (χ1v) is 4.58. The van der Waals surface area contributed by atoms with Crippen LogP contribution in [-0.4, -0.2) is 35.4 Å². The Balaban J connectivity index is 2.28. The van der Waals surface area contributed by atoms with Gasteiger partial charge in [-0.2, -0.15) is 0 Å². The quantitative estimate of drug-likeness (QED) is 0.712. The zero-order valence-corrected chi connectivity index (χ0v) is 8.69. The van der Waals surface area contributed by atoms with E-state index >= 15 is 0 Å². The molecule has 0 aliphatic rings. The predicted molar refractivity (Wildman–Crippen MR) is 51.4 cm³/mol. The van der Waals surface area contributed by atoms with Crippen LogP contribution in [0.15, 0.2) is 10.6 Å². The lowest BCUT2D eigenvalue weighted by atomic mass is 10.3. The van der Waals surface area contributed by atoms with Gasteiger partial charge in [0.1, 0.15) is 5.76 Å². The Kier molecular flexibility index (Phi) is 4.11. The Hall–Kier alpha value is -1.56. The number of carbonyl (C=O) groups excluding carboxylic acids is 1. The van der Waals surface area contributed by atoms with Crippen LogP contribution in [-0.2, 0) is 4.79 Å². The highest BCUT2D eigenvalue weighted by Crippen LogP contribution is 2.09. The molecule has 1 amide bonds. The summed E-state index contributed by atoms with van der Waals surface area (Å²) in [6.07, 6.45) is 0. The summed E-state index contributed by atoms with van der Waals surface area (Å²) in [5.41, 5.74) is 0. The number of amides is 1. The number of aromatic nitrogens is 1. The molecule has 15 heavy (non-hydrogen) atoms. The van der Waals surface area contributed by atoms with Crippen molar-refractivity contribution in [3.8, 4) is 5.88 Å². The van der Waals surface area contributed by atoms with E-state index in [-0.39, 0.29) is 31.0 Å². The molecular formula is C9H14N2O4. The first kappa shape index (κ1) is 11.5. The summed E-state index contributed by atoms with van der Waals surface area (Å²) in [7, 11) is 0. The van der Waals surface area contributed by atoms with Crippen LogP contribution in [0, 0.1) is 6.92 Å². The molecule has 1 aromatic heterocycles. The Morgan fingerprint density at radius 1 is 1.80 bits per heavy atom. The van der Waals surface area contributed by atoms with Gasteiger partial charge < -0.3 is 19.7 Å². The molecule has 0 fully saturated rings. The zero-order chi connectivity index (χ0) is 11.3. The number of nitrogens with one attached hydrogen (secondary N) is 1. The molecule has 1 rings (SSSR count). The second-order valence-electron chi connectivity index (χ2n) is 3.22. The van der Waals surface area contributed by atoms with E-state index < -0.39 is 0 Å². The molecule has 0 radical (unpaired) electrons. The molecule has 0 spiro atoms. The van der Waals surface area contributed by atoms with Crippen molar-refractivity contribution in [1.82, 2.24) is 10.5 Å². The van der Waals surface area contributed by atoms with Crippen LogP contribution >= 0.6 is 0 Å². The molecule has 0 aliphatic carbocycles. The maximum Gasteiger partial charge on any atom is 0.258 e. The average molecular weight is 214 g/mol. The molecule has 0 aliphatic heterocycles. The highest BCUT2D eigenvalue weighted by atomic mass is 16.5. The first-order valence-electron chi connectivity index (χ1n) is 4.58. The van der Waals surface area contributed by atoms with Crippen LogP contribution in [0.25, 0.3) is 0 Å². The molecule has 1 unspecified atom stereocenters. The summed E-state index contributed by atoms with van der Waals surface area (Å²) >= 11 is 0. The van der Waals surface area contributed by atoms with Gasteiger partial charge in [0.2, 0.25) is 0 Å². The summed E-state index contributed by atoms with van der Waals surface area (Å²) in [5, 5.41) is 14.8. The third-order valence-corrected chi connectivity index (χ3v) is 1.64. The predicted octanol–water partition coefficient (Wildman–Crippen LogP) is -0.141. The molecule has 84 valence electrons. The Labute approximate surface area is 87.2 Å². The molecule has 1 aromatic rings. The third kappa shape index (κ3) is 3.99. The fraction of sp³-hybridized carbons (Fsp3) is 0.556. The molecule has 0 bridgehead atoms. The van der Waals surface area contributed by atoms with E-state index in [4.69, 9.17) is 14.4 Å². The molecule has 0 saturated heterocycles. The lowest BCUT2D eigenvalue weighted by Gasteiger charge is -2.10. The van der Waals surface area contributed by atoms with Gasteiger partial charge in [0, 0.05) is 12.1 Å². The minimum Gasteiger partial charge on any atom is -0.465 e. The van der Waals surface area contributed by atoms with Gasteiger partial charge in [-0.3, -0.25) is 4.79 Å². The number of rotatable bonds is 5. The second-order valence-corrected chi connectivity index (χ2v) is 3.22. The van der Waals surface area contributed by atoms with Crippen molar-refractivity contribution >= 4 is 5.91 Å². The van der Waals surface area contributed by atoms with Crippen molar-refractivity contribution in [1.29, 1.82) is 0 Å². The van der Waals surface area contributed by atoms with E-state index in [1.165, 1.54) is 0 Å². The van der Waals surface area contributed by atoms with Gasteiger partial charge >= 0.3 is 0 Å². The van der Waals surface area contributed by atoms with Gasteiger partial charge in [-0.05, 0) is 19.0 Å². The second kappa shape index (κ2) is 5.35. The van der Waals surface area contributed by atoms with E-state index in [9.17, 15) is 4.79 Å². The van der Waals surface area contributed by atoms with E-state index in [0.717, 1.165) is 0 Å². The number of hydrogen-bond donors (Lipinski definition) is 2. The summed E-state index contributed by atoms with van der Waals surface area (Å²) in [5.74, 6) is 0.589. The number of aliphatic hydroxyl groups excluding tert-OH is 1. The lowest BCUT2D eigenvalue weighted by molar-refractivity contribution is -0.124. The van der Waals surface area contributed by atoms with E-state index in [2.05, 4.69) is 10.5 Å². The van der Waals surface area contributed by atoms with Crippen LogP contribution in [0.1, 0.15) is 12.7 Å². The van der Waals surface area contributed by atoms with Gasteiger partial charge in [-0.15, -0.1) is 0 Å². The van der Waals surface area contributed by atoms with Gasteiger partial charge in [0.15, 0.2) is 6.61 Å². The van der Waals surface area contributed by atoms with Gasteiger partial charge in [0.05, 0.1) is 6.61 Å². The van der Waals surface area contributed by atoms with Gasteiger partial charge in [0.25, 0.3) is 11.8 Å². The molecule has 0 aromatic carbocycles. The topological polar surface area (TPSA) is 84.6 Å². The van der Waals surface area contributed by atoms with Crippen LogP contribution in [0.5, 0.6) is 5.88 Å². The minimum atomic E-state index is -0.308. The number of aryl methyl sites for hydroxylation is 1. The fourth-order valence-electron chi connectivity index (χ4n) is 0.913. The van der Waals surface area contributed by atoms with Crippen molar-refractivity contribution in [2.75, 3.05) is 13.2 Å². The maximum atomic E-state index is 11.2. The Bertz CT molecular complexity index is 324. The SMILES string of the molecule is Cc1cc(OCC(=O)NC(C)CO)no1. The number of ether oxygens (including phenoxy) is 1. The minimum absolute atomic E-state index is 0.102. The Morgan fingerprint density at radius 2 is 2.53 bits per heavy atom. The standard InChI is InChI=1S/C9H14N2O4/c1-6(4-12)10-8(13)5-14-9-3-7(2)15-11-9/h3,6,12H,4-5H2,1-2H3,(H,10,13). The molecule has 6 nitrogen and oxygen atoms in total. The average Bonchev–Trinajstić information content (AvgIpc) is 2.61. The van der Waals surface area contributed by atoms with Crippen LogP contribution < -0.4 is 10.1 Å². The number of nitrogens with zero attached hydrogens (tertiary/aromatic N) is 1. The van der Waals surface area contributed by atoms with Crippen molar-refractivity contribution in [2.45, 2.75) is 19.9 Å². The molecule has 1 heterocycles. The largest absolute Gasteiger partial charge is 0.465 e. The van der Waals surface area contributed by atoms with Crippen molar-refractivity contribution in [2.24, 2.45) is 0 Å². The molecule has 2 N–H and O–H groups in total. The van der Waals surface area contributed by atoms with Crippen LogP contribution in [0.4, 0.5) is 0 Å². The van der Waals surface area contributed by atoms with E-state index in [1.54, 1.807) is 19.9 Å². The van der Waals surface area contributed by atoms with Crippen LogP contribution in [0.3, 0.4) is 0 Å². The summed E-state index contributed by atoms with van der Waals surface area (Å²) in [6, 6.07) is 1.31. The highest BCUT2D eigenvalue weighted by molar-refractivity contribution is 5.77. The van der Waals surface area contributed by atoms with Crippen LogP contribution in [0.2, 0.25) is 0 Å². The first-order chi connectivity index (χ1) is 7.11. The number of carbonyl (C=O) groups is 1. The fourth-order valence-corrected chi connectivity index (χ4v) is 0.913. The molecule has 0 saturated carbocycles. The van der Waals surface area contributed by atoms with E-state index in [0.29, 0.717) is 5.76 Å². The zero-order valence-electron chi connectivity index (χ0n) is 8.69. The number of hydrogen-bond acceptors (Lipinski definition) is 5. The van der Waals surface area contributed by atoms with Gasteiger partial charge in [-0.25, -0.2) is 0 Å². The summed E-state index contributed by atoms with van der Waals surface area (Å²) in [4.78, 5) is 11.2. The normalized spacial score (nSPS) is 12.2. The van der Waals surface area contributed by atoms with Crippen molar-refractivity contribution in [3.63, 3.8) is 0 Å². The summed E-state index contributed by atoms with van der Waals surface area (Å²) < 4.78 is 9.79. The maximum absolute atomic E-state index is 11.2. The molecular weight excluding hydrogens is 200 g/mol. The van der Waals surface area contributed by atoms with Crippen molar-refractivity contribution in [3.05, 3.63) is 11.8 Å². The Morgan fingerprint density at radius 3 is 3.07 bits per heavy atom. The third-order valence-electron chi connectivity index (χ3n) is 1.64. The van der Waals surface area contributed by atoms with E-state index in [1.807, 2.05) is 0 Å². The lowest BCUT2D eigenvalue weighted by Crippen LogP contribution is -2.38. The number of aliphatic hydroxyl groups is 1. The molecule has 6 heteroatoms. The highest BCUT2D eigenvalue weighted by Gasteiger charge is 2.08. The monoisotopic (exact) mass is 214 g/mol. The molecule has 1 atom stereocenters. The smallest absolute Gasteiger partial charge is 0.258 e.